The Balaban J connectivity index is 1.43. The quantitative estimate of drug-likeness (QED) is 0.442. The van der Waals surface area contributed by atoms with Gasteiger partial charge in [-0.3, -0.25) is 14.4 Å². The highest BCUT2D eigenvalue weighted by molar-refractivity contribution is 6.07. The van der Waals surface area contributed by atoms with Crippen molar-refractivity contribution in [1.82, 2.24) is 4.90 Å². The number of ether oxygens (including phenoxy) is 1. The summed E-state index contributed by atoms with van der Waals surface area (Å²) in [6.07, 6.45) is 8.46. The zero-order chi connectivity index (χ0) is 31.1. The number of amides is 3. The maximum absolute atomic E-state index is 14.7. The Morgan fingerprint density at radius 2 is 1.45 bits per heavy atom. The Morgan fingerprint density at radius 3 is 2.09 bits per heavy atom. The Labute approximate surface area is 259 Å². The third kappa shape index (κ3) is 4.56. The van der Waals surface area contributed by atoms with Gasteiger partial charge in [-0.05, 0) is 63.1 Å². The van der Waals surface area contributed by atoms with Crippen LogP contribution in [0, 0.1) is 11.8 Å². The SMILES string of the molecule is CCN(CC)c1ccc(N2CC=C[C@]34O[C@@]5(CC)C=CCN(c6ccccc6)C(=O)[C@H]5[C@H]3C(=O)N(CCCO)C4C2=O)cc1. The van der Waals surface area contributed by atoms with Crippen molar-refractivity contribution in [2.24, 2.45) is 11.8 Å². The minimum Gasteiger partial charge on any atom is -0.396 e. The second kappa shape index (κ2) is 11.9. The van der Waals surface area contributed by atoms with Crippen molar-refractivity contribution in [2.75, 3.05) is 54.0 Å². The molecule has 2 saturated heterocycles. The first-order chi connectivity index (χ1) is 21.4. The molecule has 9 nitrogen and oxygen atoms in total. The molecule has 1 N–H and O–H groups in total. The third-order valence-corrected chi connectivity index (χ3v) is 9.85. The second-order valence-corrected chi connectivity index (χ2v) is 12.0. The van der Waals surface area contributed by atoms with Gasteiger partial charge in [0.25, 0.3) is 5.91 Å². The molecule has 4 aliphatic heterocycles. The lowest BCUT2D eigenvalue weighted by atomic mass is 9.73. The van der Waals surface area contributed by atoms with Crippen LogP contribution >= 0.6 is 0 Å². The number of aliphatic hydroxyl groups excluding tert-OH is 1. The number of benzene rings is 2. The summed E-state index contributed by atoms with van der Waals surface area (Å²) in [5.74, 6) is -2.43. The van der Waals surface area contributed by atoms with E-state index in [1.165, 1.54) is 0 Å². The monoisotopic (exact) mass is 598 g/mol. The van der Waals surface area contributed by atoms with E-state index in [1.807, 2.05) is 85.8 Å². The van der Waals surface area contributed by atoms with Crippen LogP contribution in [0.2, 0.25) is 0 Å². The van der Waals surface area contributed by atoms with Gasteiger partial charge in [-0.1, -0.05) is 49.4 Å². The molecule has 1 spiro atoms. The number of nitrogens with zero attached hydrogens (tertiary/aromatic N) is 4. The van der Waals surface area contributed by atoms with E-state index >= 15 is 0 Å². The maximum Gasteiger partial charge on any atom is 0.253 e. The molecule has 0 bridgehead atoms. The van der Waals surface area contributed by atoms with Gasteiger partial charge in [-0.2, -0.15) is 0 Å². The van der Waals surface area contributed by atoms with Gasteiger partial charge >= 0.3 is 0 Å². The topological polar surface area (TPSA) is 93.6 Å². The van der Waals surface area contributed by atoms with Crippen molar-refractivity contribution in [3.8, 4) is 0 Å². The molecule has 0 aromatic heterocycles. The highest BCUT2D eigenvalue weighted by Gasteiger charge is 2.75. The van der Waals surface area contributed by atoms with Crippen LogP contribution in [0.15, 0.2) is 78.9 Å². The van der Waals surface area contributed by atoms with Gasteiger partial charge < -0.3 is 29.4 Å². The molecular weight excluding hydrogens is 556 g/mol. The number of carbonyl (C=O) groups excluding carboxylic acids is 3. The summed E-state index contributed by atoms with van der Waals surface area (Å²) in [7, 11) is 0. The van der Waals surface area contributed by atoms with Gasteiger partial charge in [-0.25, -0.2) is 0 Å². The fourth-order valence-corrected chi connectivity index (χ4v) is 7.75. The molecule has 6 rings (SSSR count). The highest BCUT2D eigenvalue weighted by atomic mass is 16.5. The molecule has 4 aliphatic rings. The minimum absolute atomic E-state index is 0.124. The fraction of sp³-hybridized carbons (Fsp3) is 0.457. The number of fused-ring (bicyclic) bond motifs is 2. The molecule has 0 radical (unpaired) electrons. The average molecular weight is 599 g/mol. The predicted molar refractivity (Wildman–Crippen MR) is 170 cm³/mol. The van der Waals surface area contributed by atoms with Crippen molar-refractivity contribution in [3.05, 3.63) is 78.9 Å². The highest BCUT2D eigenvalue weighted by Crippen LogP contribution is 2.58. The molecule has 0 aliphatic carbocycles. The first kappa shape index (κ1) is 30.1. The molecular formula is C35H42N4O5. The van der Waals surface area contributed by atoms with E-state index in [-0.39, 0.29) is 30.9 Å². The molecule has 1 unspecified atom stereocenters. The number of carbonyl (C=O) groups is 3. The first-order valence-electron chi connectivity index (χ1n) is 15.9. The summed E-state index contributed by atoms with van der Waals surface area (Å²) >= 11 is 0. The van der Waals surface area contributed by atoms with E-state index in [0.29, 0.717) is 25.9 Å². The number of hydrogen-bond donors (Lipinski definition) is 1. The van der Waals surface area contributed by atoms with E-state index in [4.69, 9.17) is 4.74 Å². The van der Waals surface area contributed by atoms with Crippen molar-refractivity contribution >= 4 is 34.8 Å². The van der Waals surface area contributed by atoms with Crippen molar-refractivity contribution in [1.29, 1.82) is 0 Å². The number of hydrogen-bond acceptors (Lipinski definition) is 6. The van der Waals surface area contributed by atoms with E-state index in [2.05, 4.69) is 18.7 Å². The number of aliphatic hydroxyl groups is 1. The molecule has 232 valence electrons. The van der Waals surface area contributed by atoms with Crippen LogP contribution in [0.3, 0.4) is 0 Å². The molecule has 2 fully saturated rings. The number of rotatable bonds is 9. The summed E-state index contributed by atoms with van der Waals surface area (Å²) in [6, 6.07) is 16.4. The Hall–Kier alpha value is -3.95. The zero-order valence-corrected chi connectivity index (χ0v) is 25.8. The van der Waals surface area contributed by atoms with Gasteiger partial charge in [0.1, 0.15) is 11.6 Å². The Kier molecular flexibility index (Phi) is 8.11. The molecule has 9 heteroatoms. The van der Waals surface area contributed by atoms with Gasteiger partial charge in [0.15, 0.2) is 0 Å². The summed E-state index contributed by atoms with van der Waals surface area (Å²) in [6.45, 7) is 8.68. The van der Waals surface area contributed by atoms with Crippen LogP contribution in [0.1, 0.15) is 33.6 Å². The Bertz CT molecular complexity index is 1460. The molecule has 3 amide bonds. The molecule has 2 aromatic carbocycles. The van der Waals surface area contributed by atoms with Crippen molar-refractivity contribution in [3.63, 3.8) is 0 Å². The normalized spacial score (nSPS) is 29.4. The third-order valence-electron chi connectivity index (χ3n) is 9.85. The van der Waals surface area contributed by atoms with Crippen molar-refractivity contribution < 1.29 is 24.2 Å². The average Bonchev–Trinajstić information content (AvgIpc) is 3.33. The van der Waals surface area contributed by atoms with E-state index in [0.717, 1.165) is 30.2 Å². The minimum atomic E-state index is -1.33. The number of anilines is 3. The lowest BCUT2D eigenvalue weighted by Gasteiger charge is -2.38. The number of likely N-dealkylation sites (tertiary alicyclic amines) is 1. The van der Waals surface area contributed by atoms with Crippen LogP contribution < -0.4 is 14.7 Å². The van der Waals surface area contributed by atoms with Crippen LogP contribution in [-0.4, -0.2) is 84.3 Å². The van der Waals surface area contributed by atoms with Gasteiger partial charge in [-0.15, -0.1) is 0 Å². The second-order valence-electron chi connectivity index (χ2n) is 12.0. The maximum atomic E-state index is 14.7. The van der Waals surface area contributed by atoms with Crippen LogP contribution in [0.25, 0.3) is 0 Å². The van der Waals surface area contributed by atoms with E-state index < -0.39 is 29.1 Å². The van der Waals surface area contributed by atoms with Gasteiger partial charge in [0.2, 0.25) is 11.8 Å². The smallest absolute Gasteiger partial charge is 0.253 e. The van der Waals surface area contributed by atoms with Crippen LogP contribution in [0.5, 0.6) is 0 Å². The van der Waals surface area contributed by atoms with E-state index in [9.17, 15) is 19.5 Å². The Morgan fingerprint density at radius 1 is 0.818 bits per heavy atom. The van der Waals surface area contributed by atoms with Crippen LogP contribution in [0.4, 0.5) is 17.1 Å². The molecule has 4 heterocycles. The van der Waals surface area contributed by atoms with E-state index in [1.54, 1.807) is 14.7 Å². The summed E-state index contributed by atoms with van der Waals surface area (Å²) < 4.78 is 7.05. The fourth-order valence-electron chi connectivity index (χ4n) is 7.75. The molecule has 5 atom stereocenters. The lowest BCUT2D eigenvalue weighted by Crippen LogP contribution is -2.56. The molecule has 2 aromatic rings. The lowest BCUT2D eigenvalue weighted by molar-refractivity contribution is -0.145. The molecule has 44 heavy (non-hydrogen) atoms. The first-order valence-corrected chi connectivity index (χ1v) is 15.9. The predicted octanol–water partition coefficient (Wildman–Crippen LogP) is 3.78. The van der Waals surface area contributed by atoms with Crippen molar-refractivity contribution in [2.45, 2.75) is 50.9 Å². The van der Waals surface area contributed by atoms with Gasteiger partial charge in [0.05, 0.1) is 17.4 Å². The summed E-state index contributed by atoms with van der Waals surface area (Å²) in [5, 5.41) is 9.73. The van der Waals surface area contributed by atoms with Crippen LogP contribution in [-0.2, 0) is 19.1 Å². The largest absolute Gasteiger partial charge is 0.396 e. The van der Waals surface area contributed by atoms with Gasteiger partial charge in [0, 0.05) is 56.4 Å². The summed E-state index contributed by atoms with van der Waals surface area (Å²) in [5.41, 5.74) is 0.175. The number of para-hydroxylation sites is 1. The standard InChI is InChI=1S/C35H42N4O5/c1-4-34-19-10-21-37(26-13-8-7-9-14-26)31(41)28(34)29-32(42)39(23-12-24-40)30-33(43)38(22-11-20-35(29,30)44-34)27-17-15-25(16-18-27)36(5-2)6-3/h7-11,13-20,28-30,40H,4-6,12,21-24H2,1-3H3/t28-,29+,30?,34+,35+/m1/s1. The molecule has 0 saturated carbocycles. The summed E-state index contributed by atoms with van der Waals surface area (Å²) in [4.78, 5) is 50.9. The zero-order valence-electron chi connectivity index (χ0n) is 25.8.